The Bertz CT molecular complexity index is 307. The van der Waals surface area contributed by atoms with Gasteiger partial charge in [-0.1, -0.05) is 58.2 Å². The molecule has 0 aromatic carbocycles. The van der Waals surface area contributed by atoms with Crippen LogP contribution in [0.3, 0.4) is 0 Å². The molecule has 0 spiro atoms. The third-order valence-corrected chi connectivity index (χ3v) is 4.71. The van der Waals surface area contributed by atoms with Crippen LogP contribution in [-0.4, -0.2) is 17.4 Å². The second-order valence-electron chi connectivity index (χ2n) is 5.79. The van der Waals surface area contributed by atoms with Gasteiger partial charge in [-0.3, -0.25) is 4.79 Å². The molecule has 0 saturated heterocycles. The van der Waals surface area contributed by atoms with Crippen molar-refractivity contribution < 1.29 is 4.79 Å². The zero-order valence-corrected chi connectivity index (χ0v) is 13.2. The minimum atomic E-state index is -0.627. The van der Waals surface area contributed by atoms with Crippen LogP contribution in [0.4, 0.5) is 0 Å². The first-order chi connectivity index (χ1) is 9.06. The number of nitrogens with one attached hydrogen (secondary N) is 1. The summed E-state index contributed by atoms with van der Waals surface area (Å²) >= 11 is 5.19. The second kappa shape index (κ2) is 7.83. The Morgan fingerprint density at radius 1 is 1.32 bits per heavy atom. The van der Waals surface area contributed by atoms with E-state index in [0.29, 0.717) is 4.99 Å². The largest absolute Gasteiger partial charge is 0.392 e. The van der Waals surface area contributed by atoms with Gasteiger partial charge in [0.2, 0.25) is 5.91 Å². The molecule has 110 valence electrons. The molecule has 1 amide bonds. The molecule has 0 atom stereocenters. The predicted molar refractivity (Wildman–Crippen MR) is 84.0 cm³/mol. The van der Waals surface area contributed by atoms with Crippen LogP contribution in [-0.2, 0) is 4.79 Å². The predicted octanol–water partition coefficient (Wildman–Crippen LogP) is 3.17. The molecule has 0 heterocycles. The van der Waals surface area contributed by atoms with Crippen LogP contribution in [0.1, 0.15) is 65.2 Å². The number of thiocarbonyl (C=S) groups is 1. The molecular formula is C15H28N2OS. The van der Waals surface area contributed by atoms with Crippen molar-refractivity contribution in [3.63, 3.8) is 0 Å². The number of carbonyl (C=O) groups is 1. The summed E-state index contributed by atoms with van der Waals surface area (Å²) in [7, 11) is 0. The summed E-state index contributed by atoms with van der Waals surface area (Å²) in [5.41, 5.74) is 5.26. The van der Waals surface area contributed by atoms with Crippen molar-refractivity contribution in [3.05, 3.63) is 0 Å². The highest BCUT2D eigenvalue weighted by Crippen LogP contribution is 2.32. The van der Waals surface area contributed by atoms with Crippen molar-refractivity contribution in [3.8, 4) is 0 Å². The molecule has 1 saturated carbocycles. The Hall–Kier alpha value is -0.640. The summed E-state index contributed by atoms with van der Waals surface area (Å²) in [6.07, 6.45) is 8.44. The first kappa shape index (κ1) is 16.4. The van der Waals surface area contributed by atoms with Crippen LogP contribution in [0.25, 0.3) is 0 Å². The summed E-state index contributed by atoms with van der Waals surface area (Å²) in [5.74, 6) is 0.861. The Morgan fingerprint density at radius 3 is 2.26 bits per heavy atom. The average Bonchev–Trinajstić information content (AvgIpc) is 2.31. The van der Waals surface area contributed by atoms with Gasteiger partial charge in [0.25, 0.3) is 0 Å². The summed E-state index contributed by atoms with van der Waals surface area (Å²) in [6, 6.07) is 0. The molecule has 4 heteroatoms. The molecule has 1 aliphatic rings. The first-order valence-electron chi connectivity index (χ1n) is 7.65. The molecule has 0 aromatic rings. The quantitative estimate of drug-likeness (QED) is 0.639. The van der Waals surface area contributed by atoms with Gasteiger partial charge in [0.15, 0.2) is 0 Å². The van der Waals surface area contributed by atoms with E-state index in [1.54, 1.807) is 0 Å². The molecule has 1 rings (SSSR count). The summed E-state index contributed by atoms with van der Waals surface area (Å²) < 4.78 is 0. The topological polar surface area (TPSA) is 55.1 Å². The minimum absolute atomic E-state index is 0.0445. The molecule has 3 nitrogen and oxygen atoms in total. The van der Waals surface area contributed by atoms with Crippen LogP contribution >= 0.6 is 12.2 Å². The number of rotatable bonds is 9. The molecule has 19 heavy (non-hydrogen) atoms. The zero-order valence-electron chi connectivity index (χ0n) is 12.3. The van der Waals surface area contributed by atoms with E-state index in [0.717, 1.165) is 44.6 Å². The molecule has 1 fully saturated rings. The maximum Gasteiger partial charge on any atom is 0.233 e. The highest BCUT2D eigenvalue weighted by molar-refractivity contribution is 7.80. The van der Waals surface area contributed by atoms with Crippen molar-refractivity contribution in [1.29, 1.82) is 0 Å². The molecule has 0 unspecified atom stereocenters. The van der Waals surface area contributed by atoms with Gasteiger partial charge in [-0.15, -0.1) is 0 Å². The van der Waals surface area contributed by atoms with E-state index in [4.69, 9.17) is 18.0 Å². The van der Waals surface area contributed by atoms with Gasteiger partial charge < -0.3 is 11.1 Å². The maximum atomic E-state index is 12.5. The molecule has 0 aromatic heterocycles. The van der Waals surface area contributed by atoms with E-state index in [2.05, 4.69) is 19.2 Å². The fraction of sp³-hybridized carbons (Fsp3) is 0.867. The maximum absolute atomic E-state index is 12.5. The van der Waals surface area contributed by atoms with Crippen molar-refractivity contribution in [2.45, 2.75) is 65.2 Å². The Morgan fingerprint density at radius 2 is 1.89 bits per heavy atom. The standard InChI is InChI=1S/C15H28N2OS/c1-3-9-15(10-4-2,13(16)19)14(18)17-11-8-12-6-5-7-12/h12H,3-11H2,1-2H3,(H2,16,19)(H,17,18). The molecule has 0 bridgehead atoms. The van der Waals surface area contributed by atoms with Crippen LogP contribution in [0.2, 0.25) is 0 Å². The highest BCUT2D eigenvalue weighted by Gasteiger charge is 2.39. The van der Waals surface area contributed by atoms with E-state index in [9.17, 15) is 4.79 Å². The van der Waals surface area contributed by atoms with Crippen LogP contribution < -0.4 is 11.1 Å². The lowest BCUT2D eigenvalue weighted by atomic mass is 9.78. The zero-order chi connectivity index (χ0) is 14.3. The van der Waals surface area contributed by atoms with Crippen molar-refractivity contribution in [1.82, 2.24) is 5.32 Å². The van der Waals surface area contributed by atoms with Crippen LogP contribution in [0.5, 0.6) is 0 Å². The smallest absolute Gasteiger partial charge is 0.233 e. The SMILES string of the molecule is CCCC(CCC)(C(=O)NCCC1CCC1)C(N)=S. The van der Waals surface area contributed by atoms with E-state index < -0.39 is 5.41 Å². The highest BCUT2D eigenvalue weighted by atomic mass is 32.1. The Balaban J connectivity index is 2.55. The molecular weight excluding hydrogens is 256 g/mol. The first-order valence-corrected chi connectivity index (χ1v) is 8.05. The minimum Gasteiger partial charge on any atom is -0.392 e. The average molecular weight is 284 g/mol. The van der Waals surface area contributed by atoms with Gasteiger partial charge in [0.05, 0.1) is 10.4 Å². The molecule has 1 aliphatic carbocycles. The lowest BCUT2D eigenvalue weighted by Crippen LogP contribution is -2.49. The normalized spacial score (nSPS) is 15.9. The van der Waals surface area contributed by atoms with Crippen molar-refractivity contribution in [2.24, 2.45) is 17.1 Å². The Labute approximate surface area is 122 Å². The second-order valence-corrected chi connectivity index (χ2v) is 6.23. The van der Waals surface area contributed by atoms with Gasteiger partial charge in [-0.2, -0.15) is 0 Å². The van der Waals surface area contributed by atoms with Crippen molar-refractivity contribution >= 4 is 23.1 Å². The number of carbonyl (C=O) groups excluding carboxylic acids is 1. The third kappa shape index (κ3) is 4.16. The van der Waals surface area contributed by atoms with Gasteiger partial charge in [0.1, 0.15) is 0 Å². The Kier molecular flexibility index (Phi) is 6.76. The van der Waals surface area contributed by atoms with Crippen LogP contribution in [0.15, 0.2) is 0 Å². The lowest BCUT2D eigenvalue weighted by Gasteiger charge is -2.32. The molecule has 0 radical (unpaired) electrons. The number of hydrogen-bond acceptors (Lipinski definition) is 2. The lowest BCUT2D eigenvalue weighted by molar-refractivity contribution is -0.128. The summed E-state index contributed by atoms with van der Waals surface area (Å²) in [6.45, 7) is 4.91. The number of nitrogens with two attached hydrogens (primary N) is 1. The number of hydrogen-bond donors (Lipinski definition) is 2. The van der Waals surface area contributed by atoms with Gasteiger partial charge in [-0.25, -0.2) is 0 Å². The molecule has 3 N–H and O–H groups in total. The van der Waals surface area contributed by atoms with Crippen LogP contribution in [0, 0.1) is 11.3 Å². The summed E-state index contributed by atoms with van der Waals surface area (Å²) in [4.78, 5) is 12.9. The van der Waals surface area contributed by atoms with E-state index in [1.807, 2.05) is 0 Å². The molecule has 0 aliphatic heterocycles. The van der Waals surface area contributed by atoms with E-state index in [-0.39, 0.29) is 5.91 Å². The summed E-state index contributed by atoms with van der Waals surface area (Å²) in [5, 5.41) is 3.07. The van der Waals surface area contributed by atoms with E-state index >= 15 is 0 Å². The van der Waals surface area contributed by atoms with Gasteiger partial charge >= 0.3 is 0 Å². The fourth-order valence-corrected chi connectivity index (χ4v) is 3.20. The van der Waals surface area contributed by atoms with Gasteiger partial charge in [0, 0.05) is 6.54 Å². The fourth-order valence-electron chi connectivity index (χ4n) is 2.90. The van der Waals surface area contributed by atoms with Gasteiger partial charge in [-0.05, 0) is 25.2 Å². The number of amides is 1. The van der Waals surface area contributed by atoms with E-state index in [1.165, 1.54) is 19.3 Å². The van der Waals surface area contributed by atoms with Crippen molar-refractivity contribution in [2.75, 3.05) is 6.54 Å². The monoisotopic (exact) mass is 284 g/mol. The third-order valence-electron chi connectivity index (χ3n) is 4.32.